The highest BCUT2D eigenvalue weighted by Gasteiger charge is 2.28. The maximum Gasteiger partial charge on any atom is 0.241 e. The van der Waals surface area contributed by atoms with Crippen molar-refractivity contribution in [2.45, 2.75) is 39.0 Å². The number of amides is 2. The maximum atomic E-state index is 13.0. The molecule has 0 aliphatic carbocycles. The molecule has 1 fully saturated rings. The molecular weight excluding hydrogens is 382 g/mol. The molecule has 30 heavy (non-hydrogen) atoms. The molecule has 166 valence electrons. The van der Waals surface area contributed by atoms with Crippen molar-refractivity contribution in [1.29, 1.82) is 0 Å². The molecule has 0 radical (unpaired) electrons. The van der Waals surface area contributed by atoms with E-state index in [1.54, 1.807) is 7.11 Å². The summed E-state index contributed by atoms with van der Waals surface area (Å²) >= 11 is 0. The highest BCUT2D eigenvalue weighted by Crippen LogP contribution is 2.30. The predicted octanol–water partition coefficient (Wildman–Crippen LogP) is 2.23. The molecule has 2 aliphatic heterocycles. The minimum absolute atomic E-state index is 0.0478. The summed E-state index contributed by atoms with van der Waals surface area (Å²) in [5, 5.41) is 3.02. The number of carbonyl (C=O) groups excluding carboxylic acids is 2. The zero-order valence-corrected chi connectivity index (χ0v) is 18.3. The minimum atomic E-state index is 0.0478. The SMILES string of the molecule is CCOCCCNC(=O)C1CCN(CC(=O)N2CCCc3cc(OC)ccc32)CC1. The molecule has 1 N–H and O–H groups in total. The van der Waals surface area contributed by atoms with Crippen LogP contribution in [0.4, 0.5) is 5.69 Å². The standard InChI is InChI=1S/C23H35N3O4/c1-3-30-15-5-11-24-23(28)18-9-13-25(14-10-18)17-22(27)26-12-4-6-19-16-20(29-2)7-8-21(19)26/h7-8,16,18H,3-6,9-15,17H2,1-2H3,(H,24,28). The van der Waals surface area contributed by atoms with Crippen molar-refractivity contribution in [2.75, 3.05) is 57.9 Å². The van der Waals surface area contributed by atoms with Crippen molar-refractivity contribution in [3.8, 4) is 5.75 Å². The van der Waals surface area contributed by atoms with E-state index in [4.69, 9.17) is 9.47 Å². The largest absolute Gasteiger partial charge is 0.497 e. The van der Waals surface area contributed by atoms with Crippen LogP contribution in [-0.4, -0.2) is 69.8 Å². The number of benzene rings is 1. The molecule has 1 saturated heterocycles. The van der Waals surface area contributed by atoms with Gasteiger partial charge in [0.1, 0.15) is 5.75 Å². The number of fused-ring (bicyclic) bond motifs is 1. The van der Waals surface area contributed by atoms with Gasteiger partial charge in [-0.3, -0.25) is 14.5 Å². The Bertz CT molecular complexity index is 716. The summed E-state index contributed by atoms with van der Waals surface area (Å²) in [4.78, 5) is 29.4. The van der Waals surface area contributed by atoms with E-state index in [2.05, 4.69) is 10.2 Å². The first kappa shape index (κ1) is 22.6. The molecule has 3 rings (SSSR count). The normalized spacial score (nSPS) is 17.5. The van der Waals surface area contributed by atoms with Crippen LogP contribution >= 0.6 is 0 Å². The van der Waals surface area contributed by atoms with Gasteiger partial charge in [-0.15, -0.1) is 0 Å². The van der Waals surface area contributed by atoms with Gasteiger partial charge in [0.05, 0.1) is 13.7 Å². The quantitative estimate of drug-likeness (QED) is 0.624. The van der Waals surface area contributed by atoms with Crippen molar-refractivity contribution in [2.24, 2.45) is 5.92 Å². The Morgan fingerprint density at radius 1 is 1.20 bits per heavy atom. The Morgan fingerprint density at radius 2 is 2.00 bits per heavy atom. The Labute approximate surface area is 179 Å². The van der Waals surface area contributed by atoms with Crippen LogP contribution in [0, 0.1) is 5.92 Å². The number of aryl methyl sites for hydroxylation is 1. The smallest absolute Gasteiger partial charge is 0.241 e. The van der Waals surface area contributed by atoms with Gasteiger partial charge in [0, 0.05) is 37.9 Å². The van der Waals surface area contributed by atoms with Gasteiger partial charge in [0.2, 0.25) is 11.8 Å². The van der Waals surface area contributed by atoms with E-state index in [1.165, 1.54) is 5.56 Å². The third-order valence-corrected chi connectivity index (χ3v) is 5.99. The van der Waals surface area contributed by atoms with Gasteiger partial charge in [-0.25, -0.2) is 0 Å². The number of carbonyl (C=O) groups is 2. The molecule has 7 heteroatoms. The third-order valence-electron chi connectivity index (χ3n) is 5.99. The van der Waals surface area contributed by atoms with Crippen LogP contribution in [0.1, 0.15) is 38.2 Å². The molecule has 0 spiro atoms. The topological polar surface area (TPSA) is 71.1 Å². The van der Waals surface area contributed by atoms with E-state index in [0.29, 0.717) is 26.3 Å². The Hall–Kier alpha value is -2.12. The van der Waals surface area contributed by atoms with Crippen LogP contribution < -0.4 is 15.0 Å². The van der Waals surface area contributed by atoms with Gasteiger partial charge in [-0.2, -0.15) is 0 Å². The van der Waals surface area contributed by atoms with Crippen molar-refractivity contribution in [3.05, 3.63) is 23.8 Å². The second-order valence-electron chi connectivity index (χ2n) is 8.04. The summed E-state index contributed by atoms with van der Waals surface area (Å²) in [7, 11) is 1.66. The minimum Gasteiger partial charge on any atom is -0.497 e. The Morgan fingerprint density at radius 3 is 2.73 bits per heavy atom. The second kappa shape index (κ2) is 11.3. The lowest BCUT2D eigenvalue weighted by molar-refractivity contribution is -0.126. The van der Waals surface area contributed by atoms with E-state index >= 15 is 0 Å². The van der Waals surface area contributed by atoms with E-state index in [9.17, 15) is 9.59 Å². The van der Waals surface area contributed by atoms with Crippen LogP contribution in [0.15, 0.2) is 18.2 Å². The van der Waals surface area contributed by atoms with Gasteiger partial charge in [-0.05, 0) is 75.9 Å². The molecular formula is C23H35N3O4. The first-order valence-electron chi connectivity index (χ1n) is 11.2. The van der Waals surface area contributed by atoms with Crippen LogP contribution in [0.25, 0.3) is 0 Å². The van der Waals surface area contributed by atoms with Crippen LogP contribution in [0.5, 0.6) is 5.75 Å². The summed E-state index contributed by atoms with van der Waals surface area (Å²) < 4.78 is 10.6. The number of hydrogen-bond donors (Lipinski definition) is 1. The molecule has 2 aliphatic rings. The number of methoxy groups -OCH3 is 1. The molecule has 0 aromatic heterocycles. The zero-order valence-electron chi connectivity index (χ0n) is 18.3. The highest BCUT2D eigenvalue weighted by atomic mass is 16.5. The van der Waals surface area contributed by atoms with Gasteiger partial charge in [-0.1, -0.05) is 0 Å². The third kappa shape index (κ3) is 5.95. The molecule has 0 atom stereocenters. The maximum absolute atomic E-state index is 13.0. The number of piperidine rings is 1. The predicted molar refractivity (Wildman–Crippen MR) is 117 cm³/mol. The van der Waals surface area contributed by atoms with Gasteiger partial charge < -0.3 is 19.7 Å². The first-order valence-corrected chi connectivity index (χ1v) is 11.2. The number of ether oxygens (including phenoxy) is 2. The number of anilines is 1. The number of rotatable bonds is 9. The number of likely N-dealkylation sites (tertiary alicyclic amines) is 1. The lowest BCUT2D eigenvalue weighted by Gasteiger charge is -2.34. The first-order chi connectivity index (χ1) is 14.6. The Balaban J connectivity index is 1.44. The molecule has 1 aromatic rings. The molecule has 1 aromatic carbocycles. The lowest BCUT2D eigenvalue weighted by Crippen LogP contribution is -2.46. The molecule has 2 heterocycles. The van der Waals surface area contributed by atoms with Crippen molar-refractivity contribution in [3.63, 3.8) is 0 Å². The fourth-order valence-electron chi connectivity index (χ4n) is 4.26. The number of nitrogens with one attached hydrogen (secondary N) is 1. The van der Waals surface area contributed by atoms with Crippen LogP contribution in [0.2, 0.25) is 0 Å². The summed E-state index contributed by atoms with van der Waals surface area (Å²) in [6.45, 7) is 6.77. The fraction of sp³-hybridized carbons (Fsp3) is 0.652. The van der Waals surface area contributed by atoms with Crippen molar-refractivity contribution < 1.29 is 19.1 Å². The van der Waals surface area contributed by atoms with E-state index in [0.717, 1.165) is 63.2 Å². The van der Waals surface area contributed by atoms with Crippen molar-refractivity contribution in [1.82, 2.24) is 10.2 Å². The zero-order chi connectivity index (χ0) is 21.3. The second-order valence-corrected chi connectivity index (χ2v) is 8.04. The molecule has 0 saturated carbocycles. The monoisotopic (exact) mass is 417 g/mol. The van der Waals surface area contributed by atoms with Gasteiger partial charge in [0.25, 0.3) is 0 Å². The molecule has 0 bridgehead atoms. The summed E-state index contributed by atoms with van der Waals surface area (Å²) in [6, 6.07) is 5.95. The fourth-order valence-corrected chi connectivity index (χ4v) is 4.26. The van der Waals surface area contributed by atoms with Crippen LogP contribution in [0.3, 0.4) is 0 Å². The summed E-state index contributed by atoms with van der Waals surface area (Å²) in [5.41, 5.74) is 2.18. The van der Waals surface area contributed by atoms with E-state index in [1.807, 2.05) is 30.0 Å². The average Bonchev–Trinajstić information content (AvgIpc) is 2.78. The molecule has 0 unspecified atom stereocenters. The number of nitrogens with zero attached hydrogens (tertiary/aromatic N) is 2. The van der Waals surface area contributed by atoms with Crippen molar-refractivity contribution >= 4 is 17.5 Å². The number of hydrogen-bond acceptors (Lipinski definition) is 5. The van der Waals surface area contributed by atoms with E-state index < -0.39 is 0 Å². The Kier molecular flexibility index (Phi) is 8.51. The average molecular weight is 418 g/mol. The van der Waals surface area contributed by atoms with Gasteiger partial charge >= 0.3 is 0 Å². The molecule has 7 nitrogen and oxygen atoms in total. The van der Waals surface area contributed by atoms with Gasteiger partial charge in [0.15, 0.2) is 0 Å². The highest BCUT2D eigenvalue weighted by molar-refractivity contribution is 5.96. The summed E-state index contributed by atoms with van der Waals surface area (Å²) in [6.07, 6.45) is 4.39. The summed E-state index contributed by atoms with van der Waals surface area (Å²) in [5.74, 6) is 1.16. The van der Waals surface area contributed by atoms with Crippen LogP contribution in [-0.2, 0) is 20.7 Å². The lowest BCUT2D eigenvalue weighted by atomic mass is 9.95. The molecule has 2 amide bonds. The van der Waals surface area contributed by atoms with E-state index in [-0.39, 0.29) is 17.7 Å².